The number of aryl methyl sites for hydroxylation is 1. The van der Waals surface area contributed by atoms with Gasteiger partial charge < -0.3 is 14.0 Å². The van der Waals surface area contributed by atoms with Crippen molar-refractivity contribution < 1.29 is 23.6 Å². The Morgan fingerprint density at radius 3 is 2.73 bits per heavy atom. The third-order valence-electron chi connectivity index (χ3n) is 2.82. The first-order chi connectivity index (χ1) is 10.5. The lowest BCUT2D eigenvalue weighted by molar-refractivity contribution is -0.384. The summed E-state index contributed by atoms with van der Waals surface area (Å²) in [6, 6.07) is 6.99. The van der Waals surface area contributed by atoms with Crippen molar-refractivity contribution in [2.45, 2.75) is 0 Å². The quantitative estimate of drug-likeness (QED) is 0.354. The highest BCUT2D eigenvalue weighted by Crippen LogP contribution is 2.17. The van der Waals surface area contributed by atoms with Gasteiger partial charge in [-0.25, -0.2) is 9.18 Å². The zero-order valence-corrected chi connectivity index (χ0v) is 11.7. The van der Waals surface area contributed by atoms with Gasteiger partial charge in [0.15, 0.2) is 11.6 Å². The lowest BCUT2D eigenvalue weighted by atomic mass is 10.3. The van der Waals surface area contributed by atoms with Crippen molar-refractivity contribution in [1.29, 1.82) is 0 Å². The third-order valence-corrected chi connectivity index (χ3v) is 2.82. The van der Waals surface area contributed by atoms with Gasteiger partial charge in [0.05, 0.1) is 11.1 Å². The SMILES string of the molecule is Cn1cc([N+](=O)[O-])cc1C(=O)OCCOc1ccccc1F. The first-order valence-electron chi connectivity index (χ1n) is 6.34. The van der Waals surface area contributed by atoms with Gasteiger partial charge in [-0.2, -0.15) is 0 Å². The van der Waals surface area contributed by atoms with E-state index in [9.17, 15) is 19.3 Å². The van der Waals surface area contributed by atoms with E-state index in [0.717, 1.165) is 6.07 Å². The van der Waals surface area contributed by atoms with E-state index in [-0.39, 0.29) is 30.3 Å². The number of benzene rings is 1. The van der Waals surface area contributed by atoms with Crippen molar-refractivity contribution >= 4 is 11.7 Å². The van der Waals surface area contributed by atoms with E-state index in [1.165, 1.54) is 36.0 Å². The van der Waals surface area contributed by atoms with Gasteiger partial charge in [0, 0.05) is 13.1 Å². The van der Waals surface area contributed by atoms with Gasteiger partial charge in [0.25, 0.3) is 5.69 Å². The molecule has 1 aromatic carbocycles. The van der Waals surface area contributed by atoms with Crippen LogP contribution in [0.25, 0.3) is 0 Å². The van der Waals surface area contributed by atoms with Crippen molar-refractivity contribution in [2.24, 2.45) is 7.05 Å². The maximum Gasteiger partial charge on any atom is 0.355 e. The molecule has 0 saturated heterocycles. The molecule has 0 atom stereocenters. The number of aromatic nitrogens is 1. The van der Waals surface area contributed by atoms with Crippen LogP contribution in [0.15, 0.2) is 36.5 Å². The monoisotopic (exact) mass is 308 g/mol. The van der Waals surface area contributed by atoms with Crippen molar-refractivity contribution in [3.05, 3.63) is 58.2 Å². The van der Waals surface area contributed by atoms with Crippen LogP contribution >= 0.6 is 0 Å². The second kappa shape index (κ2) is 6.70. The molecule has 0 unspecified atom stereocenters. The number of ether oxygens (including phenoxy) is 2. The number of carbonyl (C=O) groups is 1. The number of halogens is 1. The second-order valence-corrected chi connectivity index (χ2v) is 4.37. The van der Waals surface area contributed by atoms with Crippen molar-refractivity contribution in [3.63, 3.8) is 0 Å². The average molecular weight is 308 g/mol. The summed E-state index contributed by atoms with van der Waals surface area (Å²) in [4.78, 5) is 21.8. The Morgan fingerprint density at radius 2 is 2.09 bits per heavy atom. The maximum atomic E-state index is 13.3. The summed E-state index contributed by atoms with van der Waals surface area (Å²) in [5.41, 5.74) is -0.144. The van der Waals surface area contributed by atoms with Crippen molar-refractivity contribution in [2.75, 3.05) is 13.2 Å². The minimum Gasteiger partial charge on any atom is -0.487 e. The number of para-hydroxylation sites is 1. The van der Waals surface area contributed by atoms with E-state index in [4.69, 9.17) is 9.47 Å². The maximum absolute atomic E-state index is 13.3. The van der Waals surface area contributed by atoms with E-state index >= 15 is 0 Å². The molecule has 2 rings (SSSR count). The standard InChI is InChI=1S/C14H13FN2O5/c1-16-9-10(17(19)20)8-12(16)14(18)22-7-6-21-13-5-3-2-4-11(13)15/h2-5,8-9H,6-7H2,1H3. The number of nitrogens with zero attached hydrogens (tertiary/aromatic N) is 2. The number of carbonyl (C=O) groups excluding carboxylic acids is 1. The van der Waals surface area contributed by atoms with E-state index in [1.807, 2.05) is 0 Å². The minimum atomic E-state index is -0.715. The zero-order valence-electron chi connectivity index (χ0n) is 11.7. The van der Waals surface area contributed by atoms with Crippen LogP contribution in [0, 0.1) is 15.9 Å². The molecule has 0 spiro atoms. The Balaban J connectivity index is 1.86. The fraction of sp³-hybridized carbons (Fsp3) is 0.214. The highest BCUT2D eigenvalue weighted by molar-refractivity contribution is 5.88. The summed E-state index contributed by atoms with van der Waals surface area (Å²) in [6.07, 6.45) is 1.21. The Kier molecular flexibility index (Phi) is 4.72. The summed E-state index contributed by atoms with van der Waals surface area (Å²) < 4.78 is 24.6. The molecule has 0 aliphatic rings. The third kappa shape index (κ3) is 3.60. The summed E-state index contributed by atoms with van der Waals surface area (Å²) in [7, 11) is 1.50. The molecule has 7 nitrogen and oxygen atoms in total. The van der Waals surface area contributed by atoms with Crippen LogP contribution < -0.4 is 4.74 Å². The van der Waals surface area contributed by atoms with Crippen LogP contribution in [0.2, 0.25) is 0 Å². The van der Waals surface area contributed by atoms with Gasteiger partial charge in [-0.3, -0.25) is 10.1 Å². The molecule has 0 radical (unpaired) electrons. The number of hydrogen-bond acceptors (Lipinski definition) is 5. The van der Waals surface area contributed by atoms with Gasteiger partial charge in [0.2, 0.25) is 0 Å². The van der Waals surface area contributed by atoms with Crippen LogP contribution in [0.5, 0.6) is 5.75 Å². The van der Waals surface area contributed by atoms with Gasteiger partial charge in [-0.1, -0.05) is 12.1 Å². The molecular weight excluding hydrogens is 295 g/mol. The van der Waals surface area contributed by atoms with Gasteiger partial charge in [-0.15, -0.1) is 0 Å². The fourth-order valence-corrected chi connectivity index (χ4v) is 1.77. The summed E-state index contributed by atoms with van der Waals surface area (Å²) in [6.45, 7) is -0.134. The highest BCUT2D eigenvalue weighted by Gasteiger charge is 2.18. The lowest BCUT2D eigenvalue weighted by Crippen LogP contribution is -2.14. The predicted octanol–water partition coefficient (Wildman–Crippen LogP) is 2.31. The van der Waals surface area contributed by atoms with Crippen LogP contribution in [0.4, 0.5) is 10.1 Å². The fourth-order valence-electron chi connectivity index (χ4n) is 1.77. The molecule has 0 aliphatic carbocycles. The molecule has 8 heteroatoms. The molecule has 0 N–H and O–H groups in total. The first-order valence-corrected chi connectivity index (χ1v) is 6.34. The molecule has 0 saturated carbocycles. The molecule has 0 aliphatic heterocycles. The highest BCUT2D eigenvalue weighted by atomic mass is 19.1. The molecular formula is C14H13FN2O5. The Hall–Kier alpha value is -2.90. The predicted molar refractivity (Wildman–Crippen MR) is 74.2 cm³/mol. The van der Waals surface area contributed by atoms with Crippen molar-refractivity contribution in [3.8, 4) is 5.75 Å². The van der Waals surface area contributed by atoms with Crippen LogP contribution in [-0.2, 0) is 11.8 Å². The number of nitro groups is 1. The van der Waals surface area contributed by atoms with Gasteiger partial charge in [-0.05, 0) is 12.1 Å². The molecule has 0 amide bonds. The molecule has 22 heavy (non-hydrogen) atoms. The number of rotatable bonds is 6. The molecule has 0 bridgehead atoms. The first kappa shape index (κ1) is 15.5. The lowest BCUT2D eigenvalue weighted by Gasteiger charge is -2.08. The van der Waals surface area contributed by atoms with E-state index < -0.39 is 16.7 Å². The Bertz CT molecular complexity index is 698. The van der Waals surface area contributed by atoms with E-state index in [2.05, 4.69) is 0 Å². The number of hydrogen-bond donors (Lipinski definition) is 0. The molecule has 2 aromatic rings. The largest absolute Gasteiger partial charge is 0.487 e. The van der Waals surface area contributed by atoms with Crippen LogP contribution in [-0.4, -0.2) is 28.7 Å². The minimum absolute atomic E-state index is 0.0286. The summed E-state index contributed by atoms with van der Waals surface area (Å²) in [5, 5.41) is 10.6. The van der Waals surface area contributed by atoms with Gasteiger partial charge >= 0.3 is 5.97 Å². The molecule has 0 fully saturated rings. The van der Waals surface area contributed by atoms with Crippen molar-refractivity contribution in [1.82, 2.24) is 4.57 Å². The van der Waals surface area contributed by atoms with Gasteiger partial charge in [0.1, 0.15) is 18.9 Å². The average Bonchev–Trinajstić information content (AvgIpc) is 2.87. The Labute approximate surface area is 125 Å². The smallest absolute Gasteiger partial charge is 0.355 e. The topological polar surface area (TPSA) is 83.6 Å². The van der Waals surface area contributed by atoms with Crippen LogP contribution in [0.1, 0.15) is 10.5 Å². The zero-order chi connectivity index (χ0) is 16.1. The molecule has 1 aromatic heterocycles. The van der Waals surface area contributed by atoms with E-state index in [0.29, 0.717) is 0 Å². The summed E-state index contributed by atoms with van der Waals surface area (Å²) >= 11 is 0. The number of esters is 1. The second-order valence-electron chi connectivity index (χ2n) is 4.37. The molecule has 116 valence electrons. The molecule has 1 heterocycles. The van der Waals surface area contributed by atoms with Crippen LogP contribution in [0.3, 0.4) is 0 Å². The normalized spacial score (nSPS) is 10.3. The Morgan fingerprint density at radius 1 is 1.36 bits per heavy atom. The summed E-state index contributed by atoms with van der Waals surface area (Å²) in [5.74, 6) is -1.16. The van der Waals surface area contributed by atoms with E-state index in [1.54, 1.807) is 6.07 Å².